The minimum atomic E-state index is -0.942. The third kappa shape index (κ3) is 3.67. The van der Waals surface area contributed by atoms with Gasteiger partial charge in [0.25, 0.3) is 5.91 Å². The van der Waals surface area contributed by atoms with Crippen molar-refractivity contribution in [3.63, 3.8) is 0 Å². The standard InChI is InChI=1S/C16H10F2N2O2/c17-12-4-5-15(14(18)8-12)20-16(22)11(9-19)6-10-2-1-3-13(21)7-10/h1-8,21H,(H,20,22)/b11-6+. The summed E-state index contributed by atoms with van der Waals surface area (Å²) in [5, 5.41) is 20.5. The van der Waals surface area contributed by atoms with Gasteiger partial charge in [-0.1, -0.05) is 12.1 Å². The first-order valence-electron chi connectivity index (χ1n) is 6.17. The van der Waals surface area contributed by atoms with Crippen LogP contribution >= 0.6 is 0 Å². The number of halogens is 2. The molecule has 1 amide bonds. The van der Waals surface area contributed by atoms with E-state index < -0.39 is 17.5 Å². The van der Waals surface area contributed by atoms with Gasteiger partial charge in [0, 0.05) is 6.07 Å². The fourth-order valence-corrected chi connectivity index (χ4v) is 1.71. The quantitative estimate of drug-likeness (QED) is 0.675. The van der Waals surface area contributed by atoms with E-state index in [1.165, 1.54) is 18.2 Å². The summed E-state index contributed by atoms with van der Waals surface area (Å²) >= 11 is 0. The number of benzene rings is 2. The number of nitrogens with zero attached hydrogens (tertiary/aromatic N) is 1. The van der Waals surface area contributed by atoms with Gasteiger partial charge in [0.05, 0.1) is 5.69 Å². The monoisotopic (exact) mass is 300 g/mol. The number of phenolic OH excluding ortho intramolecular Hbond substituents is 1. The zero-order chi connectivity index (χ0) is 16.1. The van der Waals surface area contributed by atoms with Crippen molar-refractivity contribution in [2.45, 2.75) is 0 Å². The number of hydrogen-bond acceptors (Lipinski definition) is 3. The zero-order valence-corrected chi connectivity index (χ0v) is 11.2. The molecule has 22 heavy (non-hydrogen) atoms. The maximum atomic E-state index is 13.5. The van der Waals surface area contributed by atoms with Crippen LogP contribution in [0, 0.1) is 23.0 Å². The van der Waals surface area contributed by atoms with E-state index in [-0.39, 0.29) is 17.0 Å². The Labute approximate surface area is 124 Å². The highest BCUT2D eigenvalue weighted by atomic mass is 19.1. The van der Waals surface area contributed by atoms with Crippen molar-refractivity contribution in [1.29, 1.82) is 5.26 Å². The molecule has 0 atom stereocenters. The summed E-state index contributed by atoms with van der Waals surface area (Å²) in [4.78, 5) is 11.9. The van der Waals surface area contributed by atoms with Crippen LogP contribution in [0.2, 0.25) is 0 Å². The third-order valence-corrected chi connectivity index (χ3v) is 2.73. The Morgan fingerprint density at radius 3 is 2.64 bits per heavy atom. The Kier molecular flexibility index (Phi) is 4.49. The summed E-state index contributed by atoms with van der Waals surface area (Å²) in [6.45, 7) is 0. The van der Waals surface area contributed by atoms with Gasteiger partial charge in [0.15, 0.2) is 0 Å². The molecule has 4 nitrogen and oxygen atoms in total. The summed E-state index contributed by atoms with van der Waals surface area (Å²) < 4.78 is 26.3. The molecule has 0 fully saturated rings. The molecular weight excluding hydrogens is 290 g/mol. The van der Waals surface area contributed by atoms with Gasteiger partial charge in [-0.05, 0) is 35.9 Å². The summed E-state index contributed by atoms with van der Waals surface area (Å²) in [5.41, 5.74) is -0.0796. The van der Waals surface area contributed by atoms with Gasteiger partial charge in [-0.2, -0.15) is 5.26 Å². The second-order valence-corrected chi connectivity index (χ2v) is 4.34. The first kappa shape index (κ1) is 15.2. The number of hydrogen-bond donors (Lipinski definition) is 2. The second kappa shape index (κ2) is 6.50. The highest BCUT2D eigenvalue weighted by Gasteiger charge is 2.12. The Morgan fingerprint density at radius 2 is 2.00 bits per heavy atom. The SMILES string of the molecule is N#C/C(=C\c1cccc(O)c1)C(=O)Nc1ccc(F)cc1F. The van der Waals surface area contributed by atoms with E-state index in [0.717, 1.165) is 12.1 Å². The molecule has 0 aliphatic rings. The van der Waals surface area contributed by atoms with Gasteiger partial charge >= 0.3 is 0 Å². The predicted molar refractivity (Wildman–Crippen MR) is 76.7 cm³/mol. The van der Waals surface area contributed by atoms with Gasteiger partial charge in [-0.25, -0.2) is 8.78 Å². The van der Waals surface area contributed by atoms with Gasteiger partial charge in [-0.3, -0.25) is 4.79 Å². The molecule has 0 aliphatic carbocycles. The van der Waals surface area contributed by atoms with Crippen LogP contribution in [0.3, 0.4) is 0 Å². The fourth-order valence-electron chi connectivity index (χ4n) is 1.71. The number of nitriles is 1. The van der Waals surface area contributed by atoms with Crippen LogP contribution in [0.25, 0.3) is 6.08 Å². The lowest BCUT2D eigenvalue weighted by atomic mass is 10.1. The third-order valence-electron chi connectivity index (χ3n) is 2.73. The van der Waals surface area contributed by atoms with Crippen molar-refractivity contribution >= 4 is 17.7 Å². The molecule has 2 rings (SSSR count). The van der Waals surface area contributed by atoms with Gasteiger partial charge in [0.1, 0.15) is 29.0 Å². The van der Waals surface area contributed by atoms with Crippen molar-refractivity contribution in [2.24, 2.45) is 0 Å². The number of phenols is 1. The number of rotatable bonds is 3. The van der Waals surface area contributed by atoms with E-state index in [1.54, 1.807) is 18.2 Å². The van der Waals surface area contributed by atoms with Crippen LogP contribution < -0.4 is 5.32 Å². The largest absolute Gasteiger partial charge is 0.508 e. The zero-order valence-electron chi connectivity index (χ0n) is 11.2. The lowest BCUT2D eigenvalue weighted by molar-refractivity contribution is -0.112. The smallest absolute Gasteiger partial charge is 0.266 e. The maximum absolute atomic E-state index is 13.5. The first-order valence-corrected chi connectivity index (χ1v) is 6.17. The maximum Gasteiger partial charge on any atom is 0.266 e. The molecule has 0 saturated carbocycles. The average molecular weight is 300 g/mol. The molecule has 0 heterocycles. The molecule has 0 saturated heterocycles. The lowest BCUT2D eigenvalue weighted by Crippen LogP contribution is -2.14. The van der Waals surface area contributed by atoms with E-state index in [9.17, 15) is 18.7 Å². The molecule has 6 heteroatoms. The van der Waals surface area contributed by atoms with Crippen molar-refractivity contribution in [2.75, 3.05) is 5.32 Å². The number of anilines is 1. The summed E-state index contributed by atoms with van der Waals surface area (Å²) in [6, 6.07) is 10.3. The summed E-state index contributed by atoms with van der Waals surface area (Å²) in [7, 11) is 0. The van der Waals surface area contributed by atoms with Crippen molar-refractivity contribution < 1.29 is 18.7 Å². The normalized spacial score (nSPS) is 10.9. The average Bonchev–Trinajstić information content (AvgIpc) is 2.47. The number of nitrogens with one attached hydrogen (secondary N) is 1. The van der Waals surface area contributed by atoms with Gasteiger partial charge in [-0.15, -0.1) is 0 Å². The molecule has 0 spiro atoms. The molecule has 2 N–H and O–H groups in total. The number of aromatic hydroxyl groups is 1. The van der Waals surface area contributed by atoms with E-state index in [1.807, 2.05) is 0 Å². The van der Waals surface area contributed by atoms with E-state index in [2.05, 4.69) is 5.32 Å². The van der Waals surface area contributed by atoms with Gasteiger partial charge in [0.2, 0.25) is 0 Å². The molecule has 0 unspecified atom stereocenters. The van der Waals surface area contributed by atoms with Crippen LogP contribution in [0.1, 0.15) is 5.56 Å². The number of carbonyl (C=O) groups excluding carboxylic acids is 1. The Balaban J connectivity index is 2.24. The van der Waals surface area contributed by atoms with Gasteiger partial charge < -0.3 is 10.4 Å². The Hall–Kier alpha value is -3.20. The number of carbonyl (C=O) groups is 1. The molecule has 0 bridgehead atoms. The van der Waals surface area contributed by atoms with Crippen LogP contribution in [-0.2, 0) is 4.79 Å². The molecule has 0 aliphatic heterocycles. The number of amides is 1. The van der Waals surface area contributed by atoms with E-state index >= 15 is 0 Å². The lowest BCUT2D eigenvalue weighted by Gasteiger charge is -2.05. The van der Waals surface area contributed by atoms with Crippen molar-refractivity contribution in [3.8, 4) is 11.8 Å². The molecule has 0 aromatic heterocycles. The molecule has 0 radical (unpaired) electrons. The Morgan fingerprint density at radius 1 is 1.23 bits per heavy atom. The first-order chi connectivity index (χ1) is 10.5. The van der Waals surface area contributed by atoms with Crippen molar-refractivity contribution in [1.82, 2.24) is 0 Å². The highest BCUT2D eigenvalue weighted by molar-refractivity contribution is 6.09. The molecular formula is C16H10F2N2O2. The van der Waals surface area contributed by atoms with E-state index in [0.29, 0.717) is 11.6 Å². The predicted octanol–water partition coefficient (Wildman–Crippen LogP) is 3.22. The fraction of sp³-hybridized carbons (Fsp3) is 0. The van der Waals surface area contributed by atoms with Crippen LogP contribution in [0.15, 0.2) is 48.0 Å². The van der Waals surface area contributed by atoms with E-state index in [4.69, 9.17) is 5.26 Å². The van der Waals surface area contributed by atoms with Crippen molar-refractivity contribution in [3.05, 3.63) is 65.2 Å². The van der Waals surface area contributed by atoms with Crippen LogP contribution in [0.5, 0.6) is 5.75 Å². The molecule has 2 aromatic rings. The Bertz CT molecular complexity index is 795. The topological polar surface area (TPSA) is 73.1 Å². The van der Waals surface area contributed by atoms with Crippen LogP contribution in [0.4, 0.5) is 14.5 Å². The summed E-state index contributed by atoms with van der Waals surface area (Å²) in [5.74, 6) is -2.57. The minimum Gasteiger partial charge on any atom is -0.508 e. The van der Waals surface area contributed by atoms with Crippen LogP contribution in [-0.4, -0.2) is 11.0 Å². The minimum absolute atomic E-state index is 0.0176. The highest BCUT2D eigenvalue weighted by Crippen LogP contribution is 2.17. The summed E-state index contributed by atoms with van der Waals surface area (Å²) in [6.07, 6.45) is 1.25. The second-order valence-electron chi connectivity index (χ2n) is 4.34. The molecule has 2 aromatic carbocycles. The molecule has 110 valence electrons.